The number of hydrogen-bond donors (Lipinski definition) is 2. The first kappa shape index (κ1) is 11.3. The average molecular weight is 233 g/mol. The van der Waals surface area contributed by atoms with Crippen molar-refractivity contribution in [3.05, 3.63) is 17.2 Å². The minimum absolute atomic E-state index is 0.376. The van der Waals surface area contributed by atoms with Gasteiger partial charge in [-0.05, 0) is 57.9 Å². The molecule has 0 aliphatic heterocycles. The lowest BCUT2D eigenvalue weighted by atomic mass is 9.85. The van der Waals surface area contributed by atoms with Crippen molar-refractivity contribution < 1.29 is 0 Å². The van der Waals surface area contributed by atoms with Crippen LogP contribution in [0.5, 0.6) is 0 Å². The summed E-state index contributed by atoms with van der Waals surface area (Å²) in [7, 11) is 0. The van der Waals surface area contributed by atoms with E-state index < -0.39 is 0 Å². The Morgan fingerprint density at radius 1 is 1.29 bits per heavy atom. The van der Waals surface area contributed by atoms with E-state index in [2.05, 4.69) is 17.2 Å². The lowest BCUT2D eigenvalue weighted by molar-refractivity contribution is 0.291. The maximum atomic E-state index is 4.75. The van der Waals surface area contributed by atoms with E-state index in [9.17, 15) is 0 Å². The molecule has 1 saturated carbocycles. The molecule has 3 rings (SSSR count). The quantitative estimate of drug-likeness (QED) is 0.839. The molecular weight excluding hydrogens is 210 g/mol. The molecule has 1 aromatic rings. The molecule has 0 spiro atoms. The lowest BCUT2D eigenvalue weighted by Gasteiger charge is -2.26. The van der Waals surface area contributed by atoms with Crippen LogP contribution in [0.2, 0.25) is 0 Å². The topological polar surface area (TPSA) is 40.7 Å². The highest BCUT2D eigenvalue weighted by Gasteiger charge is 2.20. The molecule has 1 fully saturated rings. The molecule has 2 aliphatic rings. The van der Waals surface area contributed by atoms with Crippen LogP contribution in [-0.4, -0.2) is 16.5 Å². The van der Waals surface area contributed by atoms with Crippen molar-refractivity contribution in [3.8, 4) is 0 Å². The number of aromatic amines is 1. The minimum atomic E-state index is 0.376. The van der Waals surface area contributed by atoms with Gasteiger partial charge in [0.15, 0.2) is 0 Å². The molecule has 0 bridgehead atoms. The Bertz CT molecular complexity index is 355. The molecule has 1 aromatic heterocycles. The number of fused-ring (bicyclic) bond motifs is 1. The van der Waals surface area contributed by atoms with E-state index in [1.807, 2.05) is 0 Å². The highest BCUT2D eigenvalue weighted by molar-refractivity contribution is 5.18. The first-order valence-electron chi connectivity index (χ1n) is 7.14. The Labute approximate surface area is 103 Å². The number of rotatable bonds is 4. The molecule has 0 radical (unpaired) electrons. The predicted molar refractivity (Wildman–Crippen MR) is 69.0 cm³/mol. The van der Waals surface area contributed by atoms with E-state index in [0.717, 1.165) is 18.3 Å². The fourth-order valence-electron chi connectivity index (χ4n) is 2.82. The maximum Gasteiger partial charge on any atom is 0.123 e. The summed E-state index contributed by atoms with van der Waals surface area (Å²) in [5, 5.41) is 3.62. The summed E-state index contributed by atoms with van der Waals surface area (Å²) in [4.78, 5) is 8.27. The van der Waals surface area contributed by atoms with Gasteiger partial charge in [-0.15, -0.1) is 0 Å². The third-order valence-corrected chi connectivity index (χ3v) is 4.32. The Kier molecular flexibility index (Phi) is 3.19. The van der Waals surface area contributed by atoms with Gasteiger partial charge in [-0.1, -0.05) is 6.42 Å². The standard InChI is InChI=1S/C14H23N3/c1-10(15-9-11-5-4-6-11)14-16-12-7-2-3-8-13(12)17-14/h10-11,15H,2-9H2,1H3,(H,16,17). The molecular formula is C14H23N3. The monoisotopic (exact) mass is 233 g/mol. The average Bonchev–Trinajstić information content (AvgIpc) is 2.70. The molecule has 0 saturated heterocycles. The second-order valence-corrected chi connectivity index (χ2v) is 5.68. The van der Waals surface area contributed by atoms with Gasteiger partial charge in [0, 0.05) is 5.69 Å². The van der Waals surface area contributed by atoms with Gasteiger partial charge < -0.3 is 10.3 Å². The predicted octanol–water partition coefficient (Wildman–Crippen LogP) is 2.74. The number of nitrogens with one attached hydrogen (secondary N) is 2. The molecule has 17 heavy (non-hydrogen) atoms. The Morgan fingerprint density at radius 2 is 2.12 bits per heavy atom. The van der Waals surface area contributed by atoms with E-state index in [-0.39, 0.29) is 0 Å². The van der Waals surface area contributed by atoms with Gasteiger partial charge in [0.25, 0.3) is 0 Å². The normalized spacial score (nSPS) is 21.9. The molecule has 2 aliphatic carbocycles. The van der Waals surface area contributed by atoms with Gasteiger partial charge in [-0.2, -0.15) is 0 Å². The second-order valence-electron chi connectivity index (χ2n) is 5.68. The first-order valence-corrected chi connectivity index (χ1v) is 7.14. The molecule has 1 atom stereocenters. The third-order valence-electron chi connectivity index (χ3n) is 4.32. The molecule has 3 nitrogen and oxygen atoms in total. The molecule has 1 unspecified atom stereocenters. The minimum Gasteiger partial charge on any atom is -0.344 e. The lowest BCUT2D eigenvalue weighted by Crippen LogP contribution is -2.29. The van der Waals surface area contributed by atoms with E-state index in [1.165, 1.54) is 56.3 Å². The molecule has 1 heterocycles. The van der Waals surface area contributed by atoms with Crippen molar-refractivity contribution in [2.45, 2.75) is 57.9 Å². The number of aryl methyl sites for hydroxylation is 2. The number of aromatic nitrogens is 2. The fourth-order valence-corrected chi connectivity index (χ4v) is 2.82. The van der Waals surface area contributed by atoms with Crippen LogP contribution in [0.15, 0.2) is 0 Å². The molecule has 0 aromatic carbocycles. The Morgan fingerprint density at radius 3 is 2.82 bits per heavy atom. The van der Waals surface area contributed by atoms with E-state index in [4.69, 9.17) is 4.98 Å². The summed E-state index contributed by atoms with van der Waals surface area (Å²) in [6, 6.07) is 0.376. The van der Waals surface area contributed by atoms with Gasteiger partial charge in [0.1, 0.15) is 5.82 Å². The Balaban J connectivity index is 1.60. The van der Waals surface area contributed by atoms with Crippen LogP contribution in [0.4, 0.5) is 0 Å². The van der Waals surface area contributed by atoms with Crippen LogP contribution >= 0.6 is 0 Å². The molecule has 94 valence electrons. The van der Waals surface area contributed by atoms with Crippen molar-refractivity contribution in [1.29, 1.82) is 0 Å². The first-order chi connectivity index (χ1) is 8.33. The van der Waals surface area contributed by atoms with Crippen molar-refractivity contribution in [3.63, 3.8) is 0 Å². The number of nitrogens with zero attached hydrogens (tertiary/aromatic N) is 1. The molecule has 2 N–H and O–H groups in total. The van der Waals surface area contributed by atoms with Crippen LogP contribution in [-0.2, 0) is 12.8 Å². The number of imidazole rings is 1. The van der Waals surface area contributed by atoms with E-state index in [0.29, 0.717) is 6.04 Å². The van der Waals surface area contributed by atoms with Gasteiger partial charge in [-0.25, -0.2) is 4.98 Å². The highest BCUT2D eigenvalue weighted by Crippen LogP contribution is 2.26. The Hall–Kier alpha value is -0.830. The van der Waals surface area contributed by atoms with E-state index in [1.54, 1.807) is 0 Å². The zero-order chi connectivity index (χ0) is 11.7. The SMILES string of the molecule is CC(NCC1CCC1)c1nc2c([nH]1)CCCC2. The molecule has 0 amide bonds. The zero-order valence-corrected chi connectivity index (χ0v) is 10.8. The van der Waals surface area contributed by atoms with Crippen molar-refractivity contribution >= 4 is 0 Å². The van der Waals surface area contributed by atoms with Gasteiger partial charge in [0.05, 0.1) is 11.7 Å². The van der Waals surface area contributed by atoms with Crippen LogP contribution in [0.3, 0.4) is 0 Å². The summed E-state index contributed by atoms with van der Waals surface area (Å²) in [6.07, 6.45) is 9.23. The van der Waals surface area contributed by atoms with Crippen LogP contribution in [0.1, 0.15) is 62.3 Å². The van der Waals surface area contributed by atoms with Crippen LogP contribution in [0, 0.1) is 5.92 Å². The van der Waals surface area contributed by atoms with Crippen molar-refractivity contribution in [2.24, 2.45) is 5.92 Å². The number of hydrogen-bond acceptors (Lipinski definition) is 2. The zero-order valence-electron chi connectivity index (χ0n) is 10.8. The summed E-state index contributed by atoms with van der Waals surface area (Å²) < 4.78 is 0. The van der Waals surface area contributed by atoms with Gasteiger partial charge in [-0.3, -0.25) is 0 Å². The van der Waals surface area contributed by atoms with Gasteiger partial charge >= 0.3 is 0 Å². The van der Waals surface area contributed by atoms with E-state index >= 15 is 0 Å². The third kappa shape index (κ3) is 2.39. The number of H-pyrrole nitrogens is 1. The van der Waals surface area contributed by atoms with Crippen molar-refractivity contribution in [1.82, 2.24) is 15.3 Å². The second kappa shape index (κ2) is 4.81. The fraction of sp³-hybridized carbons (Fsp3) is 0.786. The highest BCUT2D eigenvalue weighted by atomic mass is 15.0. The largest absolute Gasteiger partial charge is 0.344 e. The van der Waals surface area contributed by atoms with Crippen molar-refractivity contribution in [2.75, 3.05) is 6.54 Å². The smallest absolute Gasteiger partial charge is 0.123 e. The van der Waals surface area contributed by atoms with Gasteiger partial charge in [0.2, 0.25) is 0 Å². The van der Waals surface area contributed by atoms with Crippen LogP contribution < -0.4 is 5.32 Å². The summed E-state index contributed by atoms with van der Waals surface area (Å²) in [5.41, 5.74) is 2.71. The summed E-state index contributed by atoms with van der Waals surface area (Å²) in [5.74, 6) is 2.07. The molecule has 3 heteroatoms. The maximum absolute atomic E-state index is 4.75. The van der Waals surface area contributed by atoms with Crippen LogP contribution in [0.25, 0.3) is 0 Å². The summed E-state index contributed by atoms with van der Waals surface area (Å²) >= 11 is 0. The summed E-state index contributed by atoms with van der Waals surface area (Å²) in [6.45, 7) is 3.38.